The van der Waals surface area contributed by atoms with Crippen LogP contribution in [0, 0.1) is 17.0 Å². The molecule has 0 spiro atoms. The fourth-order valence-corrected chi connectivity index (χ4v) is 4.01. The highest BCUT2D eigenvalue weighted by atomic mass is 32.2. The van der Waals surface area contributed by atoms with Gasteiger partial charge < -0.3 is 4.90 Å². The van der Waals surface area contributed by atoms with Gasteiger partial charge in [0.25, 0.3) is 5.69 Å². The van der Waals surface area contributed by atoms with Crippen LogP contribution in [-0.2, 0) is 0 Å². The van der Waals surface area contributed by atoms with Crippen LogP contribution in [0.5, 0.6) is 0 Å². The van der Waals surface area contributed by atoms with Gasteiger partial charge in [-0.25, -0.2) is 4.99 Å². The lowest BCUT2D eigenvalue weighted by atomic mass is 10.1. The minimum Gasteiger partial charge on any atom is -0.350 e. The predicted molar refractivity (Wildman–Crippen MR) is 107 cm³/mol. The molecule has 0 saturated carbocycles. The monoisotopic (exact) mass is 363 g/mol. The van der Waals surface area contributed by atoms with E-state index >= 15 is 0 Å². The summed E-state index contributed by atoms with van der Waals surface area (Å²) in [5, 5.41) is 11.9. The second-order valence-corrected chi connectivity index (χ2v) is 7.64. The summed E-state index contributed by atoms with van der Waals surface area (Å²) in [6, 6.07) is 4.89. The lowest BCUT2D eigenvalue weighted by molar-refractivity contribution is -0.384. The Bertz CT molecular complexity index is 604. The maximum atomic E-state index is 10.8. The average Bonchev–Trinajstić information content (AvgIpc) is 3.03. The third-order valence-electron chi connectivity index (χ3n) is 4.50. The molecule has 0 bridgehead atoms. The van der Waals surface area contributed by atoms with E-state index in [1.54, 1.807) is 23.9 Å². The van der Waals surface area contributed by atoms with Gasteiger partial charge in [-0.3, -0.25) is 10.1 Å². The summed E-state index contributed by atoms with van der Waals surface area (Å²) in [5.74, 6) is 1.07. The molecular formula is C19H29N3O2S. The second kappa shape index (κ2) is 10.4. The largest absolute Gasteiger partial charge is 0.350 e. The molecule has 138 valence electrons. The minimum absolute atomic E-state index is 0.125. The van der Waals surface area contributed by atoms with Crippen LogP contribution in [0.3, 0.4) is 0 Å². The fraction of sp³-hybridized carbons (Fsp3) is 0.632. The Hall–Kier alpha value is -1.56. The molecule has 1 saturated heterocycles. The van der Waals surface area contributed by atoms with Crippen LogP contribution in [0.1, 0.15) is 57.4 Å². The molecule has 1 aliphatic heterocycles. The molecule has 0 aromatic heterocycles. The maximum Gasteiger partial charge on any atom is 0.269 e. The Balaban J connectivity index is 1.86. The number of nitro groups is 1. The van der Waals surface area contributed by atoms with E-state index in [2.05, 4.69) is 11.8 Å². The van der Waals surface area contributed by atoms with E-state index in [0.29, 0.717) is 0 Å². The van der Waals surface area contributed by atoms with Crippen LogP contribution in [0.15, 0.2) is 23.2 Å². The highest BCUT2D eigenvalue weighted by molar-refractivity contribution is 8.14. The van der Waals surface area contributed by atoms with E-state index < -0.39 is 0 Å². The molecule has 25 heavy (non-hydrogen) atoms. The summed E-state index contributed by atoms with van der Waals surface area (Å²) in [4.78, 5) is 17.6. The summed E-state index contributed by atoms with van der Waals surface area (Å²) in [6.45, 7) is 6.24. The molecule has 6 heteroatoms. The Kier molecular flexibility index (Phi) is 8.25. The Labute approximate surface area is 155 Å². The van der Waals surface area contributed by atoms with Crippen molar-refractivity contribution in [2.24, 2.45) is 4.99 Å². The fourth-order valence-electron chi connectivity index (χ4n) is 2.99. The Morgan fingerprint density at radius 2 is 1.92 bits per heavy atom. The van der Waals surface area contributed by atoms with Crippen molar-refractivity contribution in [1.82, 2.24) is 4.90 Å². The van der Waals surface area contributed by atoms with Gasteiger partial charge in [-0.1, -0.05) is 57.2 Å². The summed E-state index contributed by atoms with van der Waals surface area (Å²) < 4.78 is 0. The summed E-state index contributed by atoms with van der Waals surface area (Å²) in [5.41, 5.74) is 1.81. The SMILES string of the molecule is CCCCCCCCCN1CCSC1=Nc1ccc([N+](=O)[O-])cc1C. The number of nitro benzene ring substituents is 1. The zero-order chi connectivity index (χ0) is 18.1. The van der Waals surface area contributed by atoms with Crippen LogP contribution in [-0.4, -0.2) is 33.8 Å². The summed E-state index contributed by atoms with van der Waals surface area (Å²) >= 11 is 1.78. The Morgan fingerprint density at radius 1 is 1.20 bits per heavy atom. The number of hydrogen-bond donors (Lipinski definition) is 0. The van der Waals surface area contributed by atoms with Gasteiger partial charge in [0.15, 0.2) is 5.17 Å². The van der Waals surface area contributed by atoms with Gasteiger partial charge in [0.05, 0.1) is 10.6 Å². The van der Waals surface area contributed by atoms with E-state index in [9.17, 15) is 10.1 Å². The smallest absolute Gasteiger partial charge is 0.269 e. The van der Waals surface area contributed by atoms with Crippen molar-refractivity contribution in [2.45, 2.75) is 58.8 Å². The molecule has 0 unspecified atom stereocenters. The quantitative estimate of drug-likeness (QED) is 0.304. The van der Waals surface area contributed by atoms with E-state index in [4.69, 9.17) is 4.99 Å². The van der Waals surface area contributed by atoms with Crippen molar-refractivity contribution in [3.63, 3.8) is 0 Å². The minimum atomic E-state index is -0.360. The van der Waals surface area contributed by atoms with Crippen LogP contribution in [0.4, 0.5) is 11.4 Å². The Morgan fingerprint density at radius 3 is 2.60 bits per heavy atom. The van der Waals surface area contributed by atoms with Crippen LogP contribution in [0.2, 0.25) is 0 Å². The van der Waals surface area contributed by atoms with E-state index in [-0.39, 0.29) is 10.6 Å². The van der Waals surface area contributed by atoms with Crippen molar-refractivity contribution >= 4 is 28.3 Å². The van der Waals surface area contributed by atoms with E-state index in [1.807, 2.05) is 6.92 Å². The number of hydrogen-bond acceptors (Lipinski definition) is 4. The van der Waals surface area contributed by atoms with Gasteiger partial charge in [-0.15, -0.1) is 0 Å². The first-order valence-corrected chi connectivity index (χ1v) is 10.3. The number of benzene rings is 1. The number of nitrogens with zero attached hydrogens (tertiary/aromatic N) is 3. The standard InChI is InChI=1S/C19H29N3O2S/c1-3-4-5-6-7-8-9-12-21-13-14-25-19(21)20-18-11-10-17(22(23)24)15-16(18)2/h10-11,15H,3-9,12-14H2,1-2H3. The molecule has 1 fully saturated rings. The van der Waals surface area contributed by atoms with Gasteiger partial charge in [0.1, 0.15) is 0 Å². The molecule has 1 aromatic rings. The zero-order valence-electron chi connectivity index (χ0n) is 15.4. The average molecular weight is 364 g/mol. The molecule has 0 N–H and O–H groups in total. The van der Waals surface area contributed by atoms with Crippen molar-refractivity contribution in [1.29, 1.82) is 0 Å². The molecule has 5 nitrogen and oxygen atoms in total. The molecule has 2 rings (SSSR count). The first-order valence-electron chi connectivity index (χ1n) is 9.33. The van der Waals surface area contributed by atoms with Crippen LogP contribution in [0.25, 0.3) is 0 Å². The van der Waals surface area contributed by atoms with Gasteiger partial charge in [0, 0.05) is 31.0 Å². The van der Waals surface area contributed by atoms with Crippen molar-refractivity contribution in [2.75, 3.05) is 18.8 Å². The van der Waals surface area contributed by atoms with Gasteiger partial charge >= 0.3 is 0 Å². The summed E-state index contributed by atoms with van der Waals surface area (Å²) in [7, 11) is 0. The molecule has 0 amide bonds. The van der Waals surface area contributed by atoms with Crippen molar-refractivity contribution < 1.29 is 4.92 Å². The highest BCUT2D eigenvalue weighted by Gasteiger charge is 2.19. The third kappa shape index (κ3) is 6.34. The number of rotatable bonds is 10. The van der Waals surface area contributed by atoms with Crippen LogP contribution >= 0.6 is 11.8 Å². The molecular weight excluding hydrogens is 334 g/mol. The number of amidine groups is 1. The molecule has 0 aliphatic carbocycles. The number of non-ortho nitro benzene ring substituents is 1. The maximum absolute atomic E-state index is 10.8. The van der Waals surface area contributed by atoms with Gasteiger partial charge in [-0.2, -0.15) is 0 Å². The molecule has 0 radical (unpaired) electrons. The molecule has 1 heterocycles. The lowest BCUT2D eigenvalue weighted by Crippen LogP contribution is -2.25. The number of aliphatic imine (C=N–C) groups is 1. The third-order valence-corrected chi connectivity index (χ3v) is 5.50. The zero-order valence-corrected chi connectivity index (χ0v) is 16.2. The second-order valence-electron chi connectivity index (χ2n) is 6.58. The van der Waals surface area contributed by atoms with Crippen molar-refractivity contribution in [3.05, 3.63) is 33.9 Å². The van der Waals surface area contributed by atoms with E-state index in [0.717, 1.165) is 35.3 Å². The number of thioether (sulfide) groups is 1. The highest BCUT2D eigenvalue weighted by Crippen LogP contribution is 2.28. The first kappa shape index (κ1) is 19.8. The van der Waals surface area contributed by atoms with Gasteiger partial charge in [0.2, 0.25) is 0 Å². The van der Waals surface area contributed by atoms with Crippen molar-refractivity contribution in [3.8, 4) is 0 Å². The van der Waals surface area contributed by atoms with Gasteiger partial charge in [-0.05, 0) is 25.0 Å². The topological polar surface area (TPSA) is 58.7 Å². The normalized spacial score (nSPS) is 15.9. The lowest BCUT2D eigenvalue weighted by Gasteiger charge is -2.18. The number of unbranched alkanes of at least 4 members (excludes halogenated alkanes) is 6. The predicted octanol–water partition coefficient (Wildman–Crippen LogP) is 5.69. The first-order chi connectivity index (χ1) is 12.1. The molecule has 1 aromatic carbocycles. The number of aryl methyl sites for hydroxylation is 1. The molecule has 1 aliphatic rings. The molecule has 0 atom stereocenters. The van der Waals surface area contributed by atoms with Crippen LogP contribution < -0.4 is 0 Å². The van der Waals surface area contributed by atoms with E-state index in [1.165, 1.54) is 51.0 Å². The summed E-state index contributed by atoms with van der Waals surface area (Å²) in [6.07, 6.45) is 9.20.